The molecule has 1 saturated heterocycles. The van der Waals surface area contributed by atoms with Crippen LogP contribution in [0.1, 0.15) is 47.0 Å². The molecule has 0 radical (unpaired) electrons. The molecule has 7 nitrogen and oxygen atoms in total. The summed E-state index contributed by atoms with van der Waals surface area (Å²) in [6.45, 7) is 4.02. The summed E-state index contributed by atoms with van der Waals surface area (Å²) in [7, 11) is 0. The first kappa shape index (κ1) is 20.5. The van der Waals surface area contributed by atoms with Gasteiger partial charge in [0.05, 0.1) is 29.7 Å². The number of nitrogens with two attached hydrogens (primary N) is 1. The quantitative estimate of drug-likeness (QED) is 0.473. The van der Waals surface area contributed by atoms with Gasteiger partial charge in [-0.15, -0.1) is 0 Å². The van der Waals surface area contributed by atoms with E-state index < -0.39 is 11.7 Å². The van der Waals surface area contributed by atoms with Crippen LogP contribution in [0.15, 0.2) is 67.1 Å². The number of aliphatic hydroxyl groups excluding tert-OH is 1. The van der Waals surface area contributed by atoms with Crippen molar-refractivity contribution >= 4 is 11.6 Å². The second kappa shape index (κ2) is 7.93. The number of benzene rings is 1. The van der Waals surface area contributed by atoms with Crippen LogP contribution in [0.2, 0.25) is 0 Å². The lowest BCUT2D eigenvalue weighted by atomic mass is 9.89. The van der Waals surface area contributed by atoms with E-state index in [9.17, 15) is 9.90 Å². The third kappa shape index (κ3) is 3.70. The van der Waals surface area contributed by atoms with Gasteiger partial charge in [-0.2, -0.15) is 0 Å². The molecule has 1 spiro atoms. The van der Waals surface area contributed by atoms with Gasteiger partial charge >= 0.3 is 0 Å². The number of nitrogens with zero attached hydrogens (tertiary/aromatic N) is 3. The second-order valence-electron chi connectivity index (χ2n) is 8.41. The Labute approximate surface area is 186 Å². The van der Waals surface area contributed by atoms with Crippen molar-refractivity contribution in [2.75, 3.05) is 5.73 Å². The fraction of sp³-hybridized carbons (Fsp3) is 0.280. The van der Waals surface area contributed by atoms with Gasteiger partial charge in [0.15, 0.2) is 11.6 Å². The maximum atomic E-state index is 13.2. The van der Waals surface area contributed by atoms with Crippen LogP contribution in [0.4, 0.5) is 5.82 Å². The molecule has 3 heterocycles. The number of pyridine rings is 1. The predicted molar refractivity (Wildman–Crippen MR) is 120 cm³/mol. The van der Waals surface area contributed by atoms with Gasteiger partial charge in [-0.3, -0.25) is 9.78 Å². The highest BCUT2D eigenvalue weighted by Gasteiger charge is 2.53. The summed E-state index contributed by atoms with van der Waals surface area (Å²) in [6, 6.07) is 11.4. The molecule has 0 unspecified atom stereocenters. The topological polar surface area (TPSA) is 111 Å². The zero-order valence-corrected chi connectivity index (χ0v) is 17.6. The maximum Gasteiger partial charge on any atom is 0.189 e. The lowest BCUT2D eigenvalue weighted by Crippen LogP contribution is -2.35. The van der Waals surface area contributed by atoms with Crippen molar-refractivity contribution in [2.24, 2.45) is 0 Å². The average Bonchev–Trinajstić information content (AvgIpc) is 3.58. The van der Waals surface area contributed by atoms with Gasteiger partial charge in [-0.05, 0) is 35.6 Å². The van der Waals surface area contributed by atoms with Gasteiger partial charge in [-0.1, -0.05) is 36.9 Å². The molecule has 3 N–H and O–H groups in total. The van der Waals surface area contributed by atoms with Gasteiger partial charge in [-0.25, -0.2) is 9.97 Å². The first-order valence-electron chi connectivity index (χ1n) is 10.7. The fourth-order valence-corrected chi connectivity index (χ4v) is 4.30. The van der Waals surface area contributed by atoms with Gasteiger partial charge in [0, 0.05) is 30.8 Å². The molecule has 2 fully saturated rings. The highest BCUT2D eigenvalue weighted by molar-refractivity contribution is 5.99. The molecule has 1 aliphatic carbocycles. The molecule has 0 bridgehead atoms. The van der Waals surface area contributed by atoms with Gasteiger partial charge in [0.25, 0.3) is 0 Å². The highest BCUT2D eigenvalue weighted by atomic mass is 16.5. The zero-order valence-electron chi connectivity index (χ0n) is 17.6. The molecule has 2 atom stereocenters. The SMILES string of the molecule is C=C1[C@@H](O)C[C@@H](c2ccncc2CC(=O)c2nc(-c3ccccc3)cnc2N)OC12CC2. The summed E-state index contributed by atoms with van der Waals surface area (Å²) in [5, 5.41) is 10.5. The molecule has 2 aliphatic rings. The van der Waals surface area contributed by atoms with Gasteiger partial charge in [0.2, 0.25) is 0 Å². The van der Waals surface area contributed by atoms with Crippen LogP contribution in [0, 0.1) is 0 Å². The Hall–Kier alpha value is -3.42. The summed E-state index contributed by atoms with van der Waals surface area (Å²) in [6.07, 6.45) is 6.12. The van der Waals surface area contributed by atoms with Crippen molar-refractivity contribution in [1.29, 1.82) is 0 Å². The number of rotatable bonds is 5. The molecule has 0 amide bonds. The van der Waals surface area contributed by atoms with Crippen molar-refractivity contribution in [3.63, 3.8) is 0 Å². The summed E-state index contributed by atoms with van der Waals surface area (Å²) in [5.41, 5.74) is 9.47. The number of aliphatic hydroxyl groups is 1. The number of carbonyl (C=O) groups is 1. The molecule has 1 saturated carbocycles. The monoisotopic (exact) mass is 428 g/mol. The molecule has 5 rings (SSSR count). The third-order valence-corrected chi connectivity index (χ3v) is 6.27. The zero-order chi connectivity index (χ0) is 22.3. The van der Waals surface area contributed by atoms with Crippen molar-refractivity contribution < 1.29 is 14.6 Å². The number of hydrogen-bond donors (Lipinski definition) is 2. The minimum Gasteiger partial charge on any atom is -0.389 e. The smallest absolute Gasteiger partial charge is 0.189 e. The molecule has 32 heavy (non-hydrogen) atoms. The van der Waals surface area contributed by atoms with E-state index in [-0.39, 0.29) is 29.8 Å². The molecule has 1 aromatic carbocycles. The van der Waals surface area contributed by atoms with Crippen molar-refractivity contribution in [3.05, 3.63) is 84.0 Å². The summed E-state index contributed by atoms with van der Waals surface area (Å²) < 4.78 is 6.33. The lowest BCUT2D eigenvalue weighted by molar-refractivity contribution is -0.0728. The Bertz CT molecular complexity index is 1190. The molecule has 2 aromatic heterocycles. The summed E-state index contributed by atoms with van der Waals surface area (Å²) >= 11 is 0. The minimum atomic E-state index is -0.628. The van der Waals surface area contributed by atoms with E-state index in [2.05, 4.69) is 21.5 Å². The fourth-order valence-electron chi connectivity index (χ4n) is 4.30. The number of hydrogen-bond acceptors (Lipinski definition) is 7. The molecule has 3 aromatic rings. The standard InChI is InChI=1S/C25H24N4O3/c1-15-20(30)12-22(32-25(15)8-9-25)18-7-10-27-13-17(18)11-21(31)23-24(26)28-14-19(29-23)16-5-3-2-4-6-16/h2-7,10,13-14,20,22,30H,1,8-9,11-12H2,(H2,26,28)/t20-,22-/m0/s1. The predicted octanol–water partition coefficient (Wildman–Crippen LogP) is 3.46. The Morgan fingerprint density at radius 2 is 2.00 bits per heavy atom. The Balaban J connectivity index is 1.42. The highest BCUT2D eigenvalue weighted by Crippen LogP contribution is 2.54. The number of aromatic nitrogens is 3. The number of carbonyl (C=O) groups excluding carboxylic acids is 1. The van der Waals surface area contributed by atoms with Crippen LogP contribution < -0.4 is 5.73 Å². The lowest BCUT2D eigenvalue weighted by Gasteiger charge is -2.36. The minimum absolute atomic E-state index is 0.0597. The number of Topliss-reactive ketones (excluding diaryl/α,β-unsaturated/α-hetero) is 1. The average molecular weight is 428 g/mol. The van der Waals surface area contributed by atoms with Crippen molar-refractivity contribution in [3.8, 4) is 11.3 Å². The Kier molecular flexibility index (Phi) is 5.07. The summed E-state index contributed by atoms with van der Waals surface area (Å²) in [4.78, 5) is 26.1. The van der Waals surface area contributed by atoms with Crippen molar-refractivity contribution in [1.82, 2.24) is 15.0 Å². The van der Waals surface area contributed by atoms with Crippen LogP contribution in [0.5, 0.6) is 0 Å². The van der Waals surface area contributed by atoms with Gasteiger partial charge < -0.3 is 15.6 Å². The molecule has 7 heteroatoms. The number of anilines is 1. The van der Waals surface area contributed by atoms with E-state index in [1.807, 2.05) is 36.4 Å². The third-order valence-electron chi connectivity index (χ3n) is 6.27. The summed E-state index contributed by atoms with van der Waals surface area (Å²) in [5.74, 6) is -0.151. The van der Waals surface area contributed by atoms with Crippen LogP contribution in [0.25, 0.3) is 11.3 Å². The maximum absolute atomic E-state index is 13.2. The first-order chi connectivity index (χ1) is 15.5. The van der Waals surface area contributed by atoms with E-state index in [4.69, 9.17) is 10.5 Å². The number of ketones is 1. The number of nitrogen functional groups attached to an aromatic ring is 1. The van der Waals surface area contributed by atoms with Gasteiger partial charge in [0.1, 0.15) is 5.69 Å². The normalized spacial score (nSPS) is 21.5. The largest absolute Gasteiger partial charge is 0.389 e. The number of ether oxygens (including phenoxy) is 1. The van der Waals surface area contributed by atoms with Crippen LogP contribution in [-0.2, 0) is 11.2 Å². The molecular formula is C25H24N4O3. The van der Waals surface area contributed by atoms with E-state index in [0.29, 0.717) is 12.1 Å². The van der Waals surface area contributed by atoms with Crippen LogP contribution >= 0.6 is 0 Å². The molecular weight excluding hydrogens is 404 g/mol. The van der Waals surface area contributed by atoms with E-state index in [1.54, 1.807) is 18.6 Å². The molecule has 162 valence electrons. The first-order valence-corrected chi connectivity index (χ1v) is 10.7. The van der Waals surface area contributed by atoms with E-state index in [1.165, 1.54) is 0 Å². The Morgan fingerprint density at radius 1 is 1.22 bits per heavy atom. The van der Waals surface area contributed by atoms with Crippen molar-refractivity contribution in [2.45, 2.75) is 43.5 Å². The molecule has 1 aliphatic heterocycles. The van der Waals surface area contributed by atoms with Crippen LogP contribution in [-0.4, -0.2) is 37.5 Å². The Morgan fingerprint density at radius 3 is 2.75 bits per heavy atom. The second-order valence-corrected chi connectivity index (χ2v) is 8.41. The van der Waals surface area contributed by atoms with Crippen LogP contribution in [0.3, 0.4) is 0 Å². The van der Waals surface area contributed by atoms with E-state index >= 15 is 0 Å². The van der Waals surface area contributed by atoms with E-state index in [0.717, 1.165) is 35.1 Å².